The molecule has 1 aromatic rings. The highest BCUT2D eigenvalue weighted by atomic mass is 79.9. The van der Waals surface area contributed by atoms with Gasteiger partial charge in [-0.3, -0.25) is 0 Å². The monoisotopic (exact) mass is 343 g/mol. The van der Waals surface area contributed by atoms with E-state index in [-0.39, 0.29) is 0 Å². The number of benzene rings is 1. The van der Waals surface area contributed by atoms with Gasteiger partial charge < -0.3 is 10.4 Å². The van der Waals surface area contributed by atoms with E-state index in [1.165, 1.54) is 0 Å². The molecule has 3 nitrogen and oxygen atoms in total. The van der Waals surface area contributed by atoms with E-state index in [1.807, 2.05) is 26.8 Å². The molecule has 1 amide bonds. The number of nitrogens with one attached hydrogen (secondary N) is 1. The molecule has 1 aliphatic rings. The van der Waals surface area contributed by atoms with E-state index in [0.29, 0.717) is 18.4 Å². The minimum Gasteiger partial charge on any atom is -0.465 e. The fraction of sp³-hybridized carbons (Fsp3) is 0.533. The molecule has 5 heteroatoms. The van der Waals surface area contributed by atoms with E-state index in [4.69, 9.17) is 5.11 Å². The lowest BCUT2D eigenvalue weighted by Gasteiger charge is -2.40. The van der Waals surface area contributed by atoms with Crippen molar-refractivity contribution in [1.82, 2.24) is 5.32 Å². The SMILES string of the molecule is CC(C)(C)C(NC(=O)O)C1(F)CCc2cc(Br)ccc21. The zero-order valence-electron chi connectivity index (χ0n) is 11.8. The van der Waals surface area contributed by atoms with Gasteiger partial charge in [-0.1, -0.05) is 42.8 Å². The molecule has 0 fully saturated rings. The number of hydrogen-bond donors (Lipinski definition) is 2. The summed E-state index contributed by atoms with van der Waals surface area (Å²) in [6.45, 7) is 5.56. The smallest absolute Gasteiger partial charge is 0.405 e. The van der Waals surface area contributed by atoms with Gasteiger partial charge in [-0.15, -0.1) is 0 Å². The van der Waals surface area contributed by atoms with Crippen molar-refractivity contribution in [2.45, 2.75) is 45.3 Å². The number of alkyl halides is 1. The molecule has 20 heavy (non-hydrogen) atoms. The standard InChI is InChI=1S/C15H19BrFNO2/c1-14(2,3)12(18-13(19)20)15(17)7-6-9-8-10(16)4-5-11(9)15/h4-5,8,12,18H,6-7H2,1-3H3,(H,19,20). The van der Waals surface area contributed by atoms with Crippen LogP contribution in [0.25, 0.3) is 0 Å². The molecule has 2 atom stereocenters. The minimum atomic E-state index is -1.66. The third-order valence-corrected chi connectivity index (χ3v) is 4.36. The second kappa shape index (κ2) is 5.02. The Kier molecular flexibility index (Phi) is 3.84. The van der Waals surface area contributed by atoms with Crippen LogP contribution in [0.3, 0.4) is 0 Å². The first-order valence-corrected chi connectivity index (χ1v) is 7.41. The van der Waals surface area contributed by atoms with Gasteiger partial charge in [-0.25, -0.2) is 9.18 Å². The van der Waals surface area contributed by atoms with E-state index >= 15 is 4.39 Å². The van der Waals surface area contributed by atoms with Gasteiger partial charge in [0.05, 0.1) is 6.04 Å². The summed E-state index contributed by atoms with van der Waals surface area (Å²) >= 11 is 3.39. The largest absolute Gasteiger partial charge is 0.465 e. The molecule has 0 saturated carbocycles. The van der Waals surface area contributed by atoms with Gasteiger partial charge in [0, 0.05) is 4.47 Å². The quantitative estimate of drug-likeness (QED) is 0.843. The van der Waals surface area contributed by atoms with Crippen LogP contribution in [0.5, 0.6) is 0 Å². The van der Waals surface area contributed by atoms with Crippen LogP contribution in [-0.4, -0.2) is 17.2 Å². The van der Waals surface area contributed by atoms with Crippen molar-refractivity contribution in [1.29, 1.82) is 0 Å². The van der Waals surface area contributed by atoms with Crippen LogP contribution in [0.15, 0.2) is 22.7 Å². The number of rotatable bonds is 2. The van der Waals surface area contributed by atoms with Crippen molar-refractivity contribution in [3.63, 3.8) is 0 Å². The number of fused-ring (bicyclic) bond motifs is 1. The van der Waals surface area contributed by atoms with Crippen molar-refractivity contribution < 1.29 is 14.3 Å². The van der Waals surface area contributed by atoms with Crippen molar-refractivity contribution in [2.75, 3.05) is 0 Å². The normalized spacial score (nSPS) is 23.2. The van der Waals surface area contributed by atoms with E-state index in [2.05, 4.69) is 21.2 Å². The molecular formula is C15H19BrFNO2. The minimum absolute atomic E-state index is 0.307. The number of amides is 1. The molecule has 2 rings (SSSR count). The van der Waals surface area contributed by atoms with E-state index in [1.54, 1.807) is 12.1 Å². The summed E-state index contributed by atoms with van der Waals surface area (Å²) in [5.41, 5.74) is -0.619. The highest BCUT2D eigenvalue weighted by Gasteiger charge is 2.51. The maximum atomic E-state index is 15.6. The Bertz CT molecular complexity index is 541. The van der Waals surface area contributed by atoms with Crippen LogP contribution in [0, 0.1) is 5.41 Å². The molecule has 1 aliphatic carbocycles. The third-order valence-electron chi connectivity index (χ3n) is 3.86. The second-order valence-corrected chi connectivity index (χ2v) is 7.33. The fourth-order valence-corrected chi connectivity index (χ4v) is 3.47. The van der Waals surface area contributed by atoms with Gasteiger partial charge in [0.1, 0.15) is 0 Å². The highest BCUT2D eigenvalue weighted by Crippen LogP contribution is 2.48. The van der Waals surface area contributed by atoms with Gasteiger partial charge in [-0.05, 0) is 41.5 Å². The topological polar surface area (TPSA) is 49.3 Å². The zero-order chi connectivity index (χ0) is 15.1. The van der Waals surface area contributed by atoms with Gasteiger partial charge in [0.2, 0.25) is 0 Å². The highest BCUT2D eigenvalue weighted by molar-refractivity contribution is 9.10. The fourth-order valence-electron chi connectivity index (χ4n) is 3.07. The average Bonchev–Trinajstić information content (AvgIpc) is 2.63. The van der Waals surface area contributed by atoms with E-state index in [0.717, 1.165) is 10.0 Å². The number of carbonyl (C=O) groups is 1. The summed E-state index contributed by atoms with van der Waals surface area (Å²) in [6.07, 6.45) is -0.257. The molecule has 0 heterocycles. The molecule has 0 bridgehead atoms. The number of halogens is 2. The lowest BCUT2D eigenvalue weighted by molar-refractivity contribution is 0.0420. The average molecular weight is 344 g/mol. The maximum Gasteiger partial charge on any atom is 0.405 e. The van der Waals surface area contributed by atoms with Crippen molar-refractivity contribution >= 4 is 22.0 Å². The Balaban J connectivity index is 2.47. The van der Waals surface area contributed by atoms with Crippen LogP contribution in [0.2, 0.25) is 0 Å². The van der Waals surface area contributed by atoms with Gasteiger partial charge >= 0.3 is 6.09 Å². The molecule has 0 saturated heterocycles. The van der Waals surface area contributed by atoms with Gasteiger partial charge in [-0.2, -0.15) is 0 Å². The van der Waals surface area contributed by atoms with Crippen molar-refractivity contribution in [2.24, 2.45) is 5.41 Å². The Morgan fingerprint density at radius 2 is 2.15 bits per heavy atom. The maximum absolute atomic E-state index is 15.6. The number of aryl methyl sites for hydroxylation is 1. The lowest BCUT2D eigenvalue weighted by atomic mass is 9.74. The molecule has 0 aromatic heterocycles. The van der Waals surface area contributed by atoms with Crippen molar-refractivity contribution in [3.8, 4) is 0 Å². The molecule has 1 aromatic carbocycles. The van der Waals surface area contributed by atoms with Crippen molar-refractivity contribution in [3.05, 3.63) is 33.8 Å². The van der Waals surface area contributed by atoms with Gasteiger partial charge in [0.25, 0.3) is 0 Å². The summed E-state index contributed by atoms with van der Waals surface area (Å²) < 4.78 is 16.5. The predicted molar refractivity (Wildman–Crippen MR) is 79.7 cm³/mol. The molecule has 0 aliphatic heterocycles. The Morgan fingerprint density at radius 1 is 1.50 bits per heavy atom. The van der Waals surface area contributed by atoms with Crippen LogP contribution in [0.1, 0.15) is 38.3 Å². The Hall–Kier alpha value is -1.10. The Morgan fingerprint density at radius 3 is 2.70 bits per heavy atom. The Labute approximate surface area is 126 Å². The van der Waals surface area contributed by atoms with E-state index < -0.39 is 23.2 Å². The molecule has 0 radical (unpaired) electrons. The summed E-state index contributed by atoms with van der Waals surface area (Å²) in [7, 11) is 0. The molecule has 110 valence electrons. The summed E-state index contributed by atoms with van der Waals surface area (Å²) in [5.74, 6) is 0. The molecule has 2 unspecified atom stereocenters. The summed E-state index contributed by atoms with van der Waals surface area (Å²) in [4.78, 5) is 11.0. The summed E-state index contributed by atoms with van der Waals surface area (Å²) in [5, 5.41) is 11.4. The molecular weight excluding hydrogens is 325 g/mol. The molecule has 0 spiro atoms. The molecule has 2 N–H and O–H groups in total. The van der Waals surface area contributed by atoms with Crippen LogP contribution in [-0.2, 0) is 12.1 Å². The number of carboxylic acid groups (broad SMARTS) is 1. The van der Waals surface area contributed by atoms with E-state index in [9.17, 15) is 4.79 Å². The predicted octanol–water partition coefficient (Wildman–Crippen LogP) is 4.24. The van der Waals surface area contributed by atoms with Crippen LogP contribution >= 0.6 is 15.9 Å². The first-order chi connectivity index (χ1) is 9.14. The summed E-state index contributed by atoms with van der Waals surface area (Å²) in [6, 6.07) is 4.69. The van der Waals surface area contributed by atoms with Gasteiger partial charge in [0.15, 0.2) is 5.67 Å². The number of hydrogen-bond acceptors (Lipinski definition) is 1. The van der Waals surface area contributed by atoms with Crippen LogP contribution < -0.4 is 5.32 Å². The first-order valence-electron chi connectivity index (χ1n) is 6.62. The second-order valence-electron chi connectivity index (χ2n) is 6.41. The van der Waals surface area contributed by atoms with Crippen LogP contribution in [0.4, 0.5) is 9.18 Å². The third kappa shape index (κ3) is 2.68. The zero-order valence-corrected chi connectivity index (χ0v) is 13.4. The lowest BCUT2D eigenvalue weighted by Crippen LogP contribution is -2.54. The first kappa shape index (κ1) is 15.3.